The monoisotopic (exact) mass is 492 g/mol. The van der Waals surface area contributed by atoms with Crippen molar-refractivity contribution in [3.8, 4) is 22.3 Å². The number of benzene rings is 1. The summed E-state index contributed by atoms with van der Waals surface area (Å²) in [5, 5.41) is 0. The molecule has 34 heavy (non-hydrogen) atoms. The first-order valence-electron chi connectivity index (χ1n) is 12.4. The molecular weight excluding hydrogens is 448 g/mol. The first kappa shape index (κ1) is 27.0. The van der Waals surface area contributed by atoms with Crippen LogP contribution >= 0.6 is 22.7 Å². The summed E-state index contributed by atoms with van der Waals surface area (Å²) >= 11 is 3.91. The van der Waals surface area contributed by atoms with Crippen molar-refractivity contribution in [3.63, 3.8) is 0 Å². The van der Waals surface area contributed by atoms with Gasteiger partial charge in [-0.25, -0.2) is 0 Å². The molecule has 0 aliphatic heterocycles. The smallest absolute Gasteiger partial charge is 0.0538 e. The van der Waals surface area contributed by atoms with Crippen LogP contribution in [0.25, 0.3) is 22.3 Å². The second-order valence-corrected chi connectivity index (χ2v) is 15.9. The van der Waals surface area contributed by atoms with Crippen molar-refractivity contribution in [1.82, 2.24) is 0 Å². The first-order chi connectivity index (χ1) is 15.4. The van der Waals surface area contributed by atoms with E-state index in [0.29, 0.717) is 0 Å². The number of rotatable bonds is 2. The van der Waals surface area contributed by atoms with Gasteiger partial charge in [0.05, 0.1) is 0 Å². The highest BCUT2D eigenvalue weighted by atomic mass is 32.1. The maximum absolute atomic E-state index is 2.40. The molecule has 0 spiro atoms. The van der Waals surface area contributed by atoms with Crippen molar-refractivity contribution in [2.24, 2.45) is 0 Å². The Kier molecular flexibility index (Phi) is 7.21. The third-order valence-corrected chi connectivity index (χ3v) is 9.90. The molecule has 1 aromatic carbocycles. The second kappa shape index (κ2) is 9.10. The van der Waals surface area contributed by atoms with Gasteiger partial charge in [-0.1, -0.05) is 107 Å². The van der Waals surface area contributed by atoms with Gasteiger partial charge in [0, 0.05) is 45.9 Å². The highest BCUT2D eigenvalue weighted by Gasteiger charge is 2.33. The molecule has 0 radical (unpaired) electrons. The van der Waals surface area contributed by atoms with E-state index in [9.17, 15) is 0 Å². The highest BCUT2D eigenvalue weighted by molar-refractivity contribution is 7.12. The summed E-state index contributed by atoms with van der Waals surface area (Å²) in [5.41, 5.74) is 5.77. The first-order valence-corrected chi connectivity index (χ1v) is 14.1. The van der Waals surface area contributed by atoms with E-state index in [1.165, 1.54) is 41.8 Å². The molecule has 0 bridgehead atoms. The fourth-order valence-electron chi connectivity index (χ4n) is 3.67. The van der Waals surface area contributed by atoms with Gasteiger partial charge in [0.15, 0.2) is 0 Å². The van der Waals surface area contributed by atoms with Gasteiger partial charge in [0.1, 0.15) is 0 Å². The Balaban J connectivity index is 2.10. The zero-order valence-corrected chi connectivity index (χ0v) is 25.1. The molecule has 0 nitrogen and oxygen atoms in total. The van der Waals surface area contributed by atoms with Gasteiger partial charge in [-0.05, 0) is 22.3 Å². The standard InChI is InChI=1S/C32H44S2/c1-29(2,3)25-17-23(18-26(33-25)30(4,5)6)21-13-15-22(16-14-21)24-19-27(31(7,8)9)34-28(20-24)32(10,11)12/h13-20H,1-12H3/q+2. The molecule has 0 aliphatic carbocycles. The molecule has 0 atom stereocenters. The second-order valence-electron chi connectivity index (χ2n) is 13.7. The van der Waals surface area contributed by atoms with Gasteiger partial charge < -0.3 is 0 Å². The molecule has 2 heteroatoms. The third kappa shape index (κ3) is 6.32. The fraction of sp³-hybridized carbons (Fsp3) is 0.500. The maximum Gasteiger partial charge on any atom is 0.219 e. The molecule has 0 amide bonds. The van der Waals surface area contributed by atoms with Gasteiger partial charge in [-0.15, -0.1) is 0 Å². The van der Waals surface area contributed by atoms with E-state index >= 15 is 0 Å². The van der Waals surface area contributed by atoms with Crippen LogP contribution in [0.15, 0.2) is 48.5 Å². The summed E-state index contributed by atoms with van der Waals surface area (Å²) in [5.74, 6) is 0. The minimum Gasteiger partial charge on any atom is -0.0538 e. The topological polar surface area (TPSA) is 0 Å². The van der Waals surface area contributed by atoms with Crippen molar-refractivity contribution in [1.29, 1.82) is 0 Å². The SMILES string of the molecule is CC(C)(C)c1cc(-c2ccc(-c3cc(C(C)(C)C)[s+]c(C(C)(C)C)c3)cc2)cc(C(C)(C)C)[s+]1. The Morgan fingerprint density at radius 2 is 0.559 bits per heavy atom. The lowest BCUT2D eigenvalue weighted by Gasteiger charge is -2.17. The van der Waals surface area contributed by atoms with Gasteiger partial charge in [-0.3, -0.25) is 0 Å². The maximum atomic E-state index is 2.40. The third-order valence-electron chi connectivity index (χ3n) is 6.09. The molecule has 2 heterocycles. The van der Waals surface area contributed by atoms with Crippen LogP contribution in [0, 0.1) is 0 Å². The van der Waals surface area contributed by atoms with E-state index in [1.54, 1.807) is 0 Å². The molecule has 0 saturated heterocycles. The summed E-state index contributed by atoms with van der Waals surface area (Å²) in [4.78, 5) is 5.75. The van der Waals surface area contributed by atoms with E-state index in [-0.39, 0.29) is 21.7 Å². The lowest BCUT2D eigenvalue weighted by Crippen LogP contribution is -2.14. The van der Waals surface area contributed by atoms with E-state index in [4.69, 9.17) is 0 Å². The molecular formula is C32H44S2+2. The van der Waals surface area contributed by atoms with Crippen LogP contribution in [-0.2, 0) is 21.7 Å². The van der Waals surface area contributed by atoms with Crippen LogP contribution in [-0.4, -0.2) is 0 Å². The van der Waals surface area contributed by atoms with Gasteiger partial charge >= 0.3 is 0 Å². The van der Waals surface area contributed by atoms with Crippen molar-refractivity contribution < 1.29 is 0 Å². The Hall–Kier alpha value is -1.64. The van der Waals surface area contributed by atoms with Crippen LogP contribution in [0.5, 0.6) is 0 Å². The summed E-state index contributed by atoms with van der Waals surface area (Å²) in [6.45, 7) is 27.8. The van der Waals surface area contributed by atoms with Crippen molar-refractivity contribution >= 4 is 22.7 Å². The molecule has 0 saturated carbocycles. The summed E-state index contributed by atoms with van der Waals surface area (Å²) in [7, 11) is 0. The minimum atomic E-state index is 0.137. The Morgan fingerprint density at radius 1 is 0.353 bits per heavy atom. The predicted octanol–water partition coefficient (Wildman–Crippen LogP) is 10.9. The highest BCUT2D eigenvalue weighted by Crippen LogP contribution is 2.40. The van der Waals surface area contributed by atoms with Crippen molar-refractivity contribution in [2.75, 3.05) is 0 Å². The Bertz CT molecular complexity index is 997. The summed E-state index contributed by atoms with van der Waals surface area (Å²) in [6, 6.07) is 18.8. The Morgan fingerprint density at radius 3 is 0.735 bits per heavy atom. The van der Waals surface area contributed by atoms with Gasteiger partial charge in [-0.2, -0.15) is 0 Å². The van der Waals surface area contributed by atoms with E-state index in [1.807, 2.05) is 22.7 Å². The molecule has 0 aliphatic rings. The largest absolute Gasteiger partial charge is 0.219 e. The molecule has 0 fully saturated rings. The van der Waals surface area contributed by atoms with Crippen LogP contribution < -0.4 is 0 Å². The van der Waals surface area contributed by atoms with E-state index in [0.717, 1.165) is 0 Å². The van der Waals surface area contributed by atoms with Gasteiger partial charge in [0.25, 0.3) is 0 Å². The zero-order chi connectivity index (χ0) is 25.7. The van der Waals surface area contributed by atoms with Gasteiger partial charge in [0.2, 0.25) is 42.2 Å². The van der Waals surface area contributed by atoms with Crippen LogP contribution in [0.1, 0.15) is 103 Å². The van der Waals surface area contributed by atoms with E-state index in [2.05, 4.69) is 132 Å². The lowest BCUT2D eigenvalue weighted by molar-refractivity contribution is 0.593. The summed E-state index contributed by atoms with van der Waals surface area (Å²) < 4.78 is 0. The normalized spacial score (nSPS) is 13.3. The molecule has 2 aromatic heterocycles. The predicted molar refractivity (Wildman–Crippen MR) is 157 cm³/mol. The van der Waals surface area contributed by atoms with Crippen LogP contribution in [0.3, 0.4) is 0 Å². The summed E-state index contributed by atoms with van der Waals surface area (Å²) in [6.07, 6.45) is 0. The lowest BCUT2D eigenvalue weighted by atomic mass is 9.89. The van der Waals surface area contributed by atoms with Crippen LogP contribution in [0.2, 0.25) is 0 Å². The molecule has 0 unspecified atom stereocenters. The molecule has 3 aromatic rings. The Labute approximate surface area is 217 Å². The van der Waals surface area contributed by atoms with Crippen LogP contribution in [0.4, 0.5) is 0 Å². The number of hydrogen-bond acceptors (Lipinski definition) is 0. The average Bonchev–Trinajstić information content (AvgIpc) is 2.70. The van der Waals surface area contributed by atoms with Crippen molar-refractivity contribution in [3.05, 3.63) is 68.0 Å². The van der Waals surface area contributed by atoms with Crippen molar-refractivity contribution in [2.45, 2.75) is 105 Å². The molecule has 0 N–H and O–H groups in total. The zero-order valence-electron chi connectivity index (χ0n) is 23.4. The quantitative estimate of drug-likeness (QED) is 0.312. The molecule has 182 valence electrons. The fourth-order valence-corrected chi connectivity index (χ4v) is 6.11. The minimum absolute atomic E-state index is 0.137. The van der Waals surface area contributed by atoms with E-state index < -0.39 is 0 Å². The number of hydrogen-bond donors (Lipinski definition) is 0. The average molecular weight is 493 g/mol. The molecule has 3 rings (SSSR count).